The summed E-state index contributed by atoms with van der Waals surface area (Å²) in [5, 5.41) is 15.9. The van der Waals surface area contributed by atoms with Gasteiger partial charge in [-0.3, -0.25) is 0 Å². The molecule has 0 aromatic heterocycles. The van der Waals surface area contributed by atoms with E-state index in [-0.39, 0.29) is 22.7 Å². The molecule has 0 amide bonds. The fourth-order valence-electron chi connectivity index (χ4n) is 4.25. The SMILES string of the molecule is CCCCCCCCCCOc1ccc(N=Nc2ccc(C(=O)Oc3ccc(N=Nc4ccccc4F)c(F)c3)cc2)cc1. The van der Waals surface area contributed by atoms with Gasteiger partial charge in [0.2, 0.25) is 0 Å². The van der Waals surface area contributed by atoms with Crippen LogP contribution in [0.25, 0.3) is 0 Å². The fraction of sp³-hybridized carbons (Fsp3) is 0.286. The van der Waals surface area contributed by atoms with E-state index in [1.807, 2.05) is 24.3 Å². The highest BCUT2D eigenvalue weighted by atomic mass is 19.1. The van der Waals surface area contributed by atoms with Crippen molar-refractivity contribution in [1.82, 2.24) is 0 Å². The first-order chi connectivity index (χ1) is 21.5. The van der Waals surface area contributed by atoms with Crippen LogP contribution in [-0.2, 0) is 0 Å². The van der Waals surface area contributed by atoms with Gasteiger partial charge < -0.3 is 9.47 Å². The van der Waals surface area contributed by atoms with E-state index in [1.165, 1.54) is 75.3 Å². The lowest BCUT2D eigenvalue weighted by Crippen LogP contribution is -2.08. The minimum Gasteiger partial charge on any atom is -0.494 e. The molecule has 0 N–H and O–H groups in total. The minimum atomic E-state index is -0.769. The summed E-state index contributed by atoms with van der Waals surface area (Å²) in [5.41, 5.74) is 1.34. The van der Waals surface area contributed by atoms with E-state index in [1.54, 1.807) is 30.3 Å². The molecule has 0 fully saturated rings. The van der Waals surface area contributed by atoms with Gasteiger partial charge in [0, 0.05) is 6.07 Å². The summed E-state index contributed by atoms with van der Waals surface area (Å²) in [6.07, 6.45) is 10.1. The van der Waals surface area contributed by atoms with Crippen LogP contribution in [-0.4, -0.2) is 12.6 Å². The Bertz CT molecular complexity index is 1540. The van der Waals surface area contributed by atoms with Crippen LogP contribution < -0.4 is 9.47 Å². The number of ether oxygens (including phenoxy) is 2. The number of halogens is 2. The molecule has 0 aliphatic rings. The molecule has 0 atom stereocenters. The van der Waals surface area contributed by atoms with Gasteiger partial charge in [-0.25, -0.2) is 13.6 Å². The lowest BCUT2D eigenvalue weighted by atomic mass is 10.1. The van der Waals surface area contributed by atoms with Crippen molar-refractivity contribution in [2.24, 2.45) is 20.5 Å². The van der Waals surface area contributed by atoms with Gasteiger partial charge in [-0.1, -0.05) is 64.0 Å². The van der Waals surface area contributed by atoms with Crippen LogP contribution in [0.2, 0.25) is 0 Å². The van der Waals surface area contributed by atoms with Gasteiger partial charge >= 0.3 is 5.97 Å². The van der Waals surface area contributed by atoms with Gasteiger partial charge in [0.25, 0.3) is 0 Å². The zero-order valence-corrected chi connectivity index (χ0v) is 24.8. The Morgan fingerprint density at radius 1 is 0.614 bits per heavy atom. The highest BCUT2D eigenvalue weighted by Crippen LogP contribution is 2.27. The molecule has 0 saturated carbocycles. The van der Waals surface area contributed by atoms with Crippen molar-refractivity contribution in [3.05, 3.63) is 108 Å². The van der Waals surface area contributed by atoms with E-state index < -0.39 is 17.6 Å². The lowest BCUT2D eigenvalue weighted by Gasteiger charge is -2.06. The Morgan fingerprint density at radius 3 is 1.82 bits per heavy atom. The quantitative estimate of drug-likeness (QED) is 0.0556. The van der Waals surface area contributed by atoms with Crippen LogP contribution in [0.3, 0.4) is 0 Å². The highest BCUT2D eigenvalue weighted by Gasteiger charge is 2.11. The van der Waals surface area contributed by atoms with Crippen molar-refractivity contribution >= 4 is 28.7 Å². The molecule has 0 saturated heterocycles. The Kier molecular flexibility index (Phi) is 12.7. The monoisotopic (exact) mass is 598 g/mol. The molecule has 44 heavy (non-hydrogen) atoms. The molecular formula is C35H36F2N4O3. The van der Waals surface area contributed by atoms with E-state index >= 15 is 0 Å². The van der Waals surface area contributed by atoms with Crippen molar-refractivity contribution in [2.75, 3.05) is 6.61 Å². The average Bonchev–Trinajstić information content (AvgIpc) is 3.04. The third kappa shape index (κ3) is 10.5. The molecule has 9 heteroatoms. The summed E-state index contributed by atoms with van der Waals surface area (Å²) in [5.74, 6) is -1.22. The Hall–Kier alpha value is -4.79. The number of nitrogens with zero attached hydrogens (tertiary/aromatic N) is 4. The summed E-state index contributed by atoms with van der Waals surface area (Å²) in [7, 11) is 0. The molecule has 0 spiro atoms. The van der Waals surface area contributed by atoms with Crippen LogP contribution in [0.15, 0.2) is 111 Å². The van der Waals surface area contributed by atoms with E-state index in [0.717, 1.165) is 18.2 Å². The maximum Gasteiger partial charge on any atom is 0.343 e. The first-order valence-electron chi connectivity index (χ1n) is 14.9. The number of unbranched alkanes of at least 4 members (excludes halogenated alkanes) is 7. The molecule has 0 aliphatic heterocycles. The van der Waals surface area contributed by atoms with Gasteiger partial charge in [0.05, 0.1) is 23.5 Å². The normalized spacial score (nSPS) is 11.3. The molecule has 4 aromatic rings. The van der Waals surface area contributed by atoms with Gasteiger partial charge in [-0.05, 0) is 79.2 Å². The van der Waals surface area contributed by atoms with Gasteiger partial charge in [0.15, 0.2) is 11.6 Å². The Morgan fingerprint density at radius 2 is 1.18 bits per heavy atom. The minimum absolute atomic E-state index is 0.00802. The predicted molar refractivity (Wildman–Crippen MR) is 167 cm³/mol. The first-order valence-corrected chi connectivity index (χ1v) is 14.9. The van der Waals surface area contributed by atoms with Crippen LogP contribution in [0.5, 0.6) is 11.5 Å². The molecule has 4 rings (SSSR count). The van der Waals surface area contributed by atoms with Gasteiger partial charge in [-0.15, -0.1) is 10.2 Å². The number of benzene rings is 4. The number of azo groups is 2. The van der Waals surface area contributed by atoms with Crippen LogP contribution in [0.1, 0.15) is 68.6 Å². The van der Waals surface area contributed by atoms with Crippen molar-refractivity contribution in [3.63, 3.8) is 0 Å². The maximum atomic E-state index is 14.5. The molecule has 0 unspecified atom stereocenters. The highest BCUT2D eigenvalue weighted by molar-refractivity contribution is 5.91. The predicted octanol–water partition coefficient (Wildman–Crippen LogP) is 11.5. The maximum absolute atomic E-state index is 14.5. The Labute approximate surface area is 256 Å². The number of esters is 1. The standard InChI is InChI=1S/C35H36F2N4O3/c1-2-3-4-5-6-7-8-11-24-43-29-20-18-28(19-21-29)39-38-27-16-14-26(15-17-27)35(42)44-30-22-23-34(32(37)25-30)41-40-33-13-10-9-12-31(33)36/h9-10,12-23,25H,2-8,11,24H2,1H3. The molecule has 4 aromatic carbocycles. The Balaban J connectivity index is 1.21. The average molecular weight is 599 g/mol. The largest absolute Gasteiger partial charge is 0.494 e. The van der Waals surface area contributed by atoms with Crippen molar-refractivity contribution in [1.29, 1.82) is 0 Å². The van der Waals surface area contributed by atoms with Crippen molar-refractivity contribution in [2.45, 2.75) is 58.3 Å². The molecule has 228 valence electrons. The zero-order valence-electron chi connectivity index (χ0n) is 24.8. The number of carbonyl (C=O) groups excluding carboxylic acids is 1. The molecule has 7 nitrogen and oxygen atoms in total. The second-order valence-corrected chi connectivity index (χ2v) is 10.2. The lowest BCUT2D eigenvalue weighted by molar-refractivity contribution is 0.0734. The fourth-order valence-corrected chi connectivity index (χ4v) is 4.25. The summed E-state index contributed by atoms with van der Waals surface area (Å²) in [6, 6.07) is 23.2. The van der Waals surface area contributed by atoms with Crippen LogP contribution >= 0.6 is 0 Å². The smallest absolute Gasteiger partial charge is 0.343 e. The second-order valence-electron chi connectivity index (χ2n) is 10.2. The van der Waals surface area contributed by atoms with Crippen molar-refractivity contribution < 1.29 is 23.0 Å². The molecule has 0 bridgehead atoms. The third-order valence-electron chi connectivity index (χ3n) is 6.73. The number of rotatable bonds is 16. The van der Waals surface area contributed by atoms with E-state index in [9.17, 15) is 13.6 Å². The summed E-state index contributed by atoms with van der Waals surface area (Å²) in [6.45, 7) is 2.94. The summed E-state index contributed by atoms with van der Waals surface area (Å²) >= 11 is 0. The topological polar surface area (TPSA) is 85.0 Å². The zero-order chi connectivity index (χ0) is 31.0. The molecule has 0 aliphatic carbocycles. The number of hydrogen-bond acceptors (Lipinski definition) is 7. The van der Waals surface area contributed by atoms with E-state index in [0.29, 0.717) is 18.0 Å². The van der Waals surface area contributed by atoms with E-state index in [2.05, 4.69) is 27.4 Å². The number of carbonyl (C=O) groups is 1. The second kappa shape index (κ2) is 17.4. The summed E-state index contributed by atoms with van der Waals surface area (Å²) in [4.78, 5) is 12.6. The van der Waals surface area contributed by atoms with Gasteiger partial charge in [-0.2, -0.15) is 10.2 Å². The molecular weight excluding hydrogens is 562 g/mol. The number of hydrogen-bond donors (Lipinski definition) is 0. The third-order valence-corrected chi connectivity index (χ3v) is 6.73. The van der Waals surface area contributed by atoms with Crippen LogP contribution in [0.4, 0.5) is 31.5 Å². The first kappa shape index (κ1) is 32.1. The molecule has 0 radical (unpaired) electrons. The van der Waals surface area contributed by atoms with Crippen molar-refractivity contribution in [3.8, 4) is 11.5 Å². The van der Waals surface area contributed by atoms with E-state index in [4.69, 9.17) is 9.47 Å². The summed E-state index contributed by atoms with van der Waals surface area (Å²) < 4.78 is 39.3. The molecule has 0 heterocycles. The van der Waals surface area contributed by atoms with Crippen LogP contribution in [0, 0.1) is 11.6 Å². The van der Waals surface area contributed by atoms with Gasteiger partial charge in [0.1, 0.15) is 22.9 Å².